The second kappa shape index (κ2) is 32.8. The van der Waals surface area contributed by atoms with Crippen LogP contribution in [-0.4, -0.2) is 160 Å². The van der Waals surface area contributed by atoms with Crippen molar-refractivity contribution in [2.24, 2.45) is 11.3 Å². The minimum atomic E-state index is -0.888. The molecule has 5 aliphatic rings. The van der Waals surface area contributed by atoms with Gasteiger partial charge in [-0.25, -0.2) is 19.2 Å². The Balaban J connectivity index is -0.000000899. The number of rotatable bonds is 3. The van der Waals surface area contributed by atoms with E-state index >= 15 is 0 Å². The minimum Gasteiger partial charge on any atom is -0.465 e. The maximum atomic E-state index is 12.0. The Bertz CT molecular complexity index is 1900. The summed E-state index contributed by atoms with van der Waals surface area (Å²) in [6.45, 7) is 29.0. The Morgan fingerprint density at radius 3 is 1.23 bits per heavy atom. The van der Waals surface area contributed by atoms with E-state index in [-0.39, 0.29) is 151 Å². The van der Waals surface area contributed by atoms with Crippen molar-refractivity contribution >= 4 is 59.3 Å². The molecule has 1 atom stereocenters. The average Bonchev–Trinajstić information content (AvgIpc) is 3.19. The zero-order chi connectivity index (χ0) is 53.4. The fourth-order valence-electron chi connectivity index (χ4n) is 7.86. The summed E-state index contributed by atoms with van der Waals surface area (Å²) in [5.74, 6) is -1.24. The molecule has 0 N–H and O–H groups in total. The zero-order valence-corrected chi connectivity index (χ0v) is 49.8. The predicted octanol–water partition coefficient (Wildman–Crippen LogP) is 9.09. The molecule has 4 saturated heterocycles. The van der Waals surface area contributed by atoms with Crippen molar-refractivity contribution < 1.29 is 123 Å². The molecule has 5 rings (SSSR count). The van der Waals surface area contributed by atoms with Crippen molar-refractivity contribution in [3.8, 4) is 0 Å². The van der Waals surface area contributed by atoms with Gasteiger partial charge in [0.15, 0.2) is 11.6 Å². The summed E-state index contributed by atoms with van der Waals surface area (Å²) in [5.41, 5.74) is -1.09. The van der Waals surface area contributed by atoms with Gasteiger partial charge in [-0.2, -0.15) is 0 Å². The number of ketones is 5. The molecule has 19 nitrogen and oxygen atoms in total. The van der Waals surface area contributed by atoms with Gasteiger partial charge in [0.2, 0.25) is 0 Å². The fourth-order valence-corrected chi connectivity index (χ4v) is 7.86. The van der Waals surface area contributed by atoms with Crippen molar-refractivity contribution in [1.29, 1.82) is 0 Å². The number of hydrogen-bond donors (Lipinski definition) is 0. The number of allylic oxidation sites excluding steroid dienone is 1. The van der Waals surface area contributed by atoms with Crippen molar-refractivity contribution in [3.63, 3.8) is 0 Å². The van der Waals surface area contributed by atoms with Crippen LogP contribution in [0.3, 0.4) is 0 Å². The quantitative estimate of drug-likeness (QED) is 0.111. The molecule has 21 heteroatoms. The third-order valence-corrected chi connectivity index (χ3v) is 11.1. The first-order valence-electron chi connectivity index (χ1n) is 24.5. The molecule has 1 unspecified atom stereocenters. The van der Waals surface area contributed by atoms with Crippen LogP contribution in [0.1, 0.15) is 176 Å². The summed E-state index contributed by atoms with van der Waals surface area (Å²) in [7, 11) is 0. The Labute approximate surface area is 479 Å². The van der Waals surface area contributed by atoms with E-state index in [9.17, 15) is 47.9 Å². The van der Waals surface area contributed by atoms with Crippen LogP contribution in [-0.2, 0) is 104 Å². The number of piperidine rings is 4. The topological polar surface area (TPSA) is 230 Å². The Hall–Kier alpha value is -3.67. The van der Waals surface area contributed by atoms with E-state index in [2.05, 4.69) is 0 Å². The maximum absolute atomic E-state index is 12.0. The Kier molecular flexibility index (Phi) is 33.1. The first-order chi connectivity index (χ1) is 32.1. The van der Waals surface area contributed by atoms with Gasteiger partial charge in [-0.1, -0.05) is 20.4 Å². The third kappa shape index (κ3) is 29.6. The number of ether oxygens (including phenoxy) is 5. The summed E-state index contributed by atoms with van der Waals surface area (Å²) in [6, 6.07) is 0. The molecule has 420 valence electrons. The van der Waals surface area contributed by atoms with Crippen molar-refractivity contribution in [2.45, 2.75) is 198 Å². The number of carbonyl (C=O) groups is 10. The van der Waals surface area contributed by atoms with E-state index in [0.717, 1.165) is 18.4 Å². The molecule has 1 spiro atoms. The number of amides is 4. The van der Waals surface area contributed by atoms with E-state index in [0.29, 0.717) is 77.8 Å². The Morgan fingerprint density at radius 2 is 0.878 bits per heavy atom. The van der Waals surface area contributed by atoms with Crippen LogP contribution in [0.2, 0.25) is 0 Å². The second-order valence-electron chi connectivity index (χ2n) is 22.4. The molecule has 0 aromatic rings. The molecule has 4 heterocycles. The van der Waals surface area contributed by atoms with Crippen LogP contribution in [0.4, 0.5) is 19.2 Å². The predicted molar refractivity (Wildman–Crippen MR) is 272 cm³/mol. The molecular formula is C53H90N4O15VY. The SMILES string of the molecule is C.C.CC(=O)C=C1CCN(C(=O)OC(C)(C)C)CC1.CC(C)(C)OC(=O)N1CCC(=O)CC1.CC(C)(C)OC(=O)N1CCC2(CC1)CC(=O)CC(=O)C2.CCOC(=O)C1CN(C(=O)OC(C)(C)C)CCC1=O.[V].[Y]. The number of esters is 1. The van der Waals surface area contributed by atoms with Gasteiger partial charge < -0.3 is 43.3 Å². The molecule has 0 aromatic heterocycles. The van der Waals surface area contributed by atoms with Gasteiger partial charge in [0, 0.05) is 136 Å². The van der Waals surface area contributed by atoms with Crippen LogP contribution in [0.25, 0.3) is 0 Å². The van der Waals surface area contributed by atoms with Gasteiger partial charge in [-0.15, -0.1) is 0 Å². The van der Waals surface area contributed by atoms with E-state index in [4.69, 9.17) is 23.7 Å². The molecule has 0 aromatic carbocycles. The number of likely N-dealkylation sites (tertiary alicyclic amines) is 4. The average molecular weight is 1160 g/mol. The van der Waals surface area contributed by atoms with Crippen molar-refractivity contribution in [3.05, 3.63) is 11.6 Å². The second-order valence-corrected chi connectivity index (χ2v) is 22.4. The summed E-state index contributed by atoms with van der Waals surface area (Å²) in [6.07, 6.45) is 5.37. The molecule has 2 radical (unpaired) electrons. The van der Waals surface area contributed by atoms with Crippen molar-refractivity contribution in [2.75, 3.05) is 59.0 Å². The number of carbonyl (C=O) groups excluding carboxylic acids is 10. The number of hydrogen-bond acceptors (Lipinski definition) is 15. The minimum absolute atomic E-state index is 0. The molecule has 4 amide bonds. The molecular weight excluding hydrogens is 1070 g/mol. The smallest absolute Gasteiger partial charge is 0.410 e. The van der Waals surface area contributed by atoms with E-state index in [1.807, 2.05) is 62.3 Å². The van der Waals surface area contributed by atoms with E-state index in [1.54, 1.807) is 55.4 Å². The van der Waals surface area contributed by atoms with Gasteiger partial charge in [0.25, 0.3) is 0 Å². The summed E-state index contributed by atoms with van der Waals surface area (Å²) in [4.78, 5) is 122. The maximum Gasteiger partial charge on any atom is 0.410 e. The van der Waals surface area contributed by atoms with Gasteiger partial charge in [-0.3, -0.25) is 28.8 Å². The first kappa shape index (κ1) is 74.6. The normalized spacial score (nSPS) is 18.7. The Morgan fingerprint density at radius 1 is 0.541 bits per heavy atom. The standard InChI is InChI=1S/C15H23NO4.C13H21NO5.C13H21NO3.C10H17NO3.2CH4.V.Y/c1-14(2,3)20-13(19)16-6-4-15(5-7-16)9-11(17)8-12(18)10-15;1-5-18-11(16)9-8-14(7-6-10(9)15)12(17)19-13(2,3)4;1-10(15)9-11-5-7-14(8-6-11)12(16)17-13(2,3)4;1-10(2,3)14-9(13)11-6-4-8(12)5-7-11;;;;/h4-10H2,1-3H3;9H,5-8H2,1-4H3;9H,5-8H2,1-4H3;4-7H2,1-3H3;2*1H4;;. The van der Waals surface area contributed by atoms with E-state index < -0.39 is 40.4 Å². The molecule has 0 bridgehead atoms. The molecule has 4 aliphatic heterocycles. The van der Waals surface area contributed by atoms with E-state index in [1.165, 1.54) is 4.90 Å². The molecule has 5 fully saturated rings. The van der Waals surface area contributed by atoms with Crippen LogP contribution in [0.15, 0.2) is 11.6 Å². The van der Waals surface area contributed by atoms with Gasteiger partial charge in [-0.05, 0) is 134 Å². The number of Topliss-reactive ketones (excluding diaryl/α,β-unsaturated/α-hetero) is 4. The first-order valence-corrected chi connectivity index (χ1v) is 24.5. The fraction of sp³-hybridized carbons (Fsp3) is 0.774. The van der Waals surface area contributed by atoms with Crippen LogP contribution < -0.4 is 0 Å². The summed E-state index contributed by atoms with van der Waals surface area (Å²) in [5, 5.41) is 0. The van der Waals surface area contributed by atoms with Gasteiger partial charge in [0.1, 0.15) is 45.7 Å². The molecule has 1 saturated carbocycles. The monoisotopic (exact) mass is 1160 g/mol. The van der Waals surface area contributed by atoms with Crippen LogP contribution in [0, 0.1) is 11.3 Å². The van der Waals surface area contributed by atoms with Gasteiger partial charge in [0.05, 0.1) is 13.0 Å². The van der Waals surface area contributed by atoms with Crippen LogP contribution >= 0.6 is 0 Å². The van der Waals surface area contributed by atoms with Crippen molar-refractivity contribution in [1.82, 2.24) is 19.6 Å². The molecule has 74 heavy (non-hydrogen) atoms. The third-order valence-electron chi connectivity index (χ3n) is 11.1. The number of nitrogens with zero attached hydrogens (tertiary/aromatic N) is 4. The van der Waals surface area contributed by atoms with Gasteiger partial charge >= 0.3 is 30.3 Å². The summed E-state index contributed by atoms with van der Waals surface area (Å²) < 4.78 is 25.9. The zero-order valence-electron chi connectivity index (χ0n) is 45.5. The van der Waals surface area contributed by atoms with Crippen LogP contribution in [0.5, 0.6) is 0 Å². The molecule has 1 aliphatic carbocycles. The summed E-state index contributed by atoms with van der Waals surface area (Å²) >= 11 is 0. The largest absolute Gasteiger partial charge is 0.465 e.